The van der Waals surface area contributed by atoms with Crippen molar-refractivity contribution in [2.45, 2.75) is 64.0 Å². The summed E-state index contributed by atoms with van der Waals surface area (Å²) in [7, 11) is 2.09. The fourth-order valence-electron chi connectivity index (χ4n) is 4.06. The fourth-order valence-corrected chi connectivity index (χ4v) is 4.06. The van der Waals surface area contributed by atoms with Gasteiger partial charge in [-0.05, 0) is 71.8 Å². The van der Waals surface area contributed by atoms with Gasteiger partial charge in [0.1, 0.15) is 5.75 Å². The number of anilines is 3. The number of halogens is 4. The van der Waals surface area contributed by atoms with Crippen molar-refractivity contribution in [3.05, 3.63) is 36.3 Å². The molecule has 0 radical (unpaired) electrons. The molecule has 1 aliphatic heterocycles. The van der Waals surface area contributed by atoms with Gasteiger partial charge in [0.05, 0.1) is 6.20 Å². The van der Waals surface area contributed by atoms with E-state index in [4.69, 9.17) is 0 Å². The third-order valence-electron chi connectivity index (χ3n) is 5.74. The predicted octanol–water partition coefficient (Wildman–Crippen LogP) is 5.32. The second-order valence-electron chi connectivity index (χ2n) is 9.02. The minimum atomic E-state index is -4.76. The first-order valence-electron chi connectivity index (χ1n) is 9.91. The number of nitrogens with one attached hydrogen (secondary N) is 2. The lowest BCUT2D eigenvalue weighted by atomic mass is 9.77. The van der Waals surface area contributed by atoms with Crippen molar-refractivity contribution < 1.29 is 22.3 Å². The Morgan fingerprint density at radius 3 is 2.19 bits per heavy atom. The SMILES string of the molecule is CN1C(C)(C)CC(Nc2nc(Nc3ccc(OC(F)(F)F)cc3)ncc2F)CC1(C)C. The third-order valence-corrected chi connectivity index (χ3v) is 5.74. The summed E-state index contributed by atoms with van der Waals surface area (Å²) in [6.45, 7) is 8.60. The molecule has 0 spiro atoms. The van der Waals surface area contributed by atoms with Gasteiger partial charge < -0.3 is 15.4 Å². The Morgan fingerprint density at radius 1 is 1.06 bits per heavy atom. The van der Waals surface area contributed by atoms with Crippen molar-refractivity contribution in [1.82, 2.24) is 14.9 Å². The summed E-state index contributed by atoms with van der Waals surface area (Å²) in [6.07, 6.45) is -2.09. The number of piperidine rings is 1. The molecule has 2 heterocycles. The van der Waals surface area contributed by atoms with Crippen molar-refractivity contribution in [2.75, 3.05) is 17.7 Å². The quantitative estimate of drug-likeness (QED) is 0.613. The molecule has 2 aromatic rings. The zero-order valence-corrected chi connectivity index (χ0v) is 18.1. The lowest BCUT2D eigenvalue weighted by molar-refractivity contribution is -0.274. The number of hydrogen-bond donors (Lipinski definition) is 2. The number of likely N-dealkylation sites (tertiary alicyclic amines) is 1. The van der Waals surface area contributed by atoms with Gasteiger partial charge in [0.2, 0.25) is 5.95 Å². The summed E-state index contributed by atoms with van der Waals surface area (Å²) in [5, 5.41) is 6.07. The molecule has 3 rings (SSSR count). The van der Waals surface area contributed by atoms with Gasteiger partial charge in [0, 0.05) is 22.8 Å². The van der Waals surface area contributed by atoms with Crippen molar-refractivity contribution in [2.24, 2.45) is 0 Å². The molecule has 1 fully saturated rings. The summed E-state index contributed by atoms with van der Waals surface area (Å²) < 4.78 is 55.1. The van der Waals surface area contributed by atoms with Crippen molar-refractivity contribution in [3.8, 4) is 5.75 Å². The molecular formula is C21H27F4N5O. The molecule has 1 aliphatic rings. The number of aromatic nitrogens is 2. The molecule has 1 aromatic heterocycles. The predicted molar refractivity (Wildman–Crippen MR) is 111 cm³/mol. The van der Waals surface area contributed by atoms with Gasteiger partial charge >= 0.3 is 6.36 Å². The molecule has 0 aliphatic carbocycles. The van der Waals surface area contributed by atoms with Crippen LogP contribution in [0.25, 0.3) is 0 Å². The first-order chi connectivity index (χ1) is 14.2. The summed E-state index contributed by atoms with van der Waals surface area (Å²) >= 11 is 0. The van der Waals surface area contributed by atoms with Crippen LogP contribution in [0.1, 0.15) is 40.5 Å². The molecule has 0 atom stereocenters. The van der Waals surface area contributed by atoms with E-state index in [2.05, 4.69) is 65.0 Å². The van der Waals surface area contributed by atoms with Crippen LogP contribution in [0.4, 0.5) is 35.0 Å². The number of benzene rings is 1. The molecule has 2 N–H and O–H groups in total. The second-order valence-corrected chi connectivity index (χ2v) is 9.02. The van der Waals surface area contributed by atoms with Gasteiger partial charge in [-0.15, -0.1) is 13.2 Å². The zero-order chi connectivity index (χ0) is 23.0. The molecule has 0 saturated carbocycles. The smallest absolute Gasteiger partial charge is 0.406 e. The van der Waals surface area contributed by atoms with Crippen molar-refractivity contribution >= 4 is 17.5 Å². The molecule has 10 heteroatoms. The third kappa shape index (κ3) is 5.75. The Kier molecular flexibility index (Phi) is 6.05. The first-order valence-corrected chi connectivity index (χ1v) is 9.91. The molecule has 1 aromatic carbocycles. The van der Waals surface area contributed by atoms with Gasteiger partial charge in [-0.3, -0.25) is 4.90 Å². The van der Waals surface area contributed by atoms with E-state index in [-0.39, 0.29) is 34.6 Å². The molecule has 1 saturated heterocycles. The normalized spacial score (nSPS) is 19.1. The van der Waals surface area contributed by atoms with Crippen LogP contribution < -0.4 is 15.4 Å². The number of rotatable bonds is 5. The molecule has 170 valence electrons. The minimum absolute atomic E-state index is 0.0113. The van der Waals surface area contributed by atoms with Gasteiger partial charge in [0.25, 0.3) is 0 Å². The Balaban J connectivity index is 1.72. The lowest BCUT2D eigenvalue weighted by Crippen LogP contribution is -2.61. The van der Waals surface area contributed by atoms with Crippen molar-refractivity contribution in [1.29, 1.82) is 0 Å². The molecule has 31 heavy (non-hydrogen) atoms. The number of ether oxygens (including phenoxy) is 1. The van der Waals surface area contributed by atoms with Crippen LogP contribution in [-0.2, 0) is 0 Å². The molecule has 6 nitrogen and oxygen atoms in total. The molecule has 0 bridgehead atoms. The number of alkyl halides is 3. The average Bonchev–Trinajstić information content (AvgIpc) is 2.62. The highest BCUT2D eigenvalue weighted by molar-refractivity contribution is 5.56. The van der Waals surface area contributed by atoms with Crippen LogP contribution >= 0.6 is 0 Å². The average molecular weight is 441 g/mol. The summed E-state index contributed by atoms with van der Waals surface area (Å²) in [4.78, 5) is 10.5. The summed E-state index contributed by atoms with van der Waals surface area (Å²) in [5.41, 5.74) is 0.280. The van der Waals surface area contributed by atoms with E-state index in [9.17, 15) is 17.6 Å². The van der Waals surface area contributed by atoms with Crippen molar-refractivity contribution in [3.63, 3.8) is 0 Å². The van der Waals surface area contributed by atoms with E-state index in [1.165, 1.54) is 24.3 Å². The molecular weight excluding hydrogens is 414 g/mol. The number of hydrogen-bond acceptors (Lipinski definition) is 6. The van der Waals surface area contributed by atoms with Crippen LogP contribution in [0.3, 0.4) is 0 Å². The largest absolute Gasteiger partial charge is 0.573 e. The van der Waals surface area contributed by atoms with Crippen LogP contribution in [0.5, 0.6) is 5.75 Å². The Labute approximate surface area is 179 Å². The highest BCUT2D eigenvalue weighted by Crippen LogP contribution is 2.38. The van der Waals surface area contributed by atoms with Crippen LogP contribution in [0, 0.1) is 5.82 Å². The maximum absolute atomic E-state index is 14.4. The second kappa shape index (κ2) is 8.14. The molecule has 0 unspecified atom stereocenters. The van der Waals surface area contributed by atoms with Gasteiger partial charge in [0.15, 0.2) is 11.6 Å². The van der Waals surface area contributed by atoms with Crippen LogP contribution in [0.15, 0.2) is 30.5 Å². The maximum atomic E-state index is 14.4. The van der Waals surface area contributed by atoms with Gasteiger partial charge in [-0.25, -0.2) is 9.37 Å². The van der Waals surface area contributed by atoms with E-state index in [1.807, 2.05) is 0 Å². The summed E-state index contributed by atoms with van der Waals surface area (Å²) in [5.74, 6) is -0.711. The fraction of sp³-hybridized carbons (Fsp3) is 0.524. The van der Waals surface area contributed by atoms with E-state index in [0.717, 1.165) is 19.0 Å². The monoisotopic (exact) mass is 441 g/mol. The lowest BCUT2D eigenvalue weighted by Gasteiger charge is -2.53. The minimum Gasteiger partial charge on any atom is -0.406 e. The Morgan fingerprint density at radius 2 is 1.65 bits per heavy atom. The van der Waals surface area contributed by atoms with Gasteiger partial charge in [-0.2, -0.15) is 4.98 Å². The number of nitrogens with zero attached hydrogens (tertiary/aromatic N) is 3. The highest BCUT2D eigenvalue weighted by atomic mass is 19.4. The molecule has 0 amide bonds. The maximum Gasteiger partial charge on any atom is 0.573 e. The standard InChI is InChI=1S/C21H27F4N5O/c1-19(2)10-14(11-20(3,4)30(19)5)27-17-16(22)12-26-18(29-17)28-13-6-8-15(9-7-13)31-21(23,24)25/h6-9,12,14H,10-11H2,1-5H3,(H2,26,27,28,29). The topological polar surface area (TPSA) is 62.3 Å². The van der Waals surface area contributed by atoms with Gasteiger partial charge in [-0.1, -0.05) is 0 Å². The zero-order valence-electron chi connectivity index (χ0n) is 18.1. The van der Waals surface area contributed by atoms with E-state index >= 15 is 0 Å². The Hall–Kier alpha value is -2.62. The Bertz CT molecular complexity index is 897. The summed E-state index contributed by atoms with van der Waals surface area (Å²) in [6, 6.07) is 5.13. The van der Waals surface area contributed by atoms with Crippen LogP contribution in [-0.4, -0.2) is 45.4 Å². The van der Waals surface area contributed by atoms with Crippen LogP contribution in [0.2, 0.25) is 0 Å². The van der Waals surface area contributed by atoms with E-state index in [1.54, 1.807) is 0 Å². The highest BCUT2D eigenvalue weighted by Gasteiger charge is 2.43. The first kappa shape index (κ1) is 23.1. The van der Waals surface area contributed by atoms with E-state index < -0.39 is 12.2 Å². The van der Waals surface area contributed by atoms with E-state index in [0.29, 0.717) is 5.69 Å².